The zero-order valence-corrected chi connectivity index (χ0v) is 11.5. The summed E-state index contributed by atoms with van der Waals surface area (Å²) in [6.45, 7) is 6.36. The molecule has 0 radical (unpaired) electrons. The van der Waals surface area contributed by atoms with Gasteiger partial charge in [0, 0.05) is 23.7 Å². The molecule has 0 atom stereocenters. The Morgan fingerprint density at radius 1 is 1.06 bits per heavy atom. The topological polar surface area (TPSA) is 20.3 Å². The van der Waals surface area contributed by atoms with E-state index in [0.717, 1.165) is 29.1 Å². The van der Waals surface area contributed by atoms with Crippen molar-refractivity contribution in [3.8, 4) is 10.4 Å². The van der Waals surface area contributed by atoms with Crippen molar-refractivity contribution < 1.29 is 4.79 Å². The molecule has 2 nitrogen and oxygen atoms in total. The first-order chi connectivity index (χ1) is 8.78. The highest BCUT2D eigenvalue weighted by Gasteiger charge is 2.04. The summed E-state index contributed by atoms with van der Waals surface area (Å²) < 4.78 is 0. The fraction of sp³-hybridized carbons (Fsp3) is 0.267. The third kappa shape index (κ3) is 2.62. The number of anilines is 1. The third-order valence-corrected chi connectivity index (χ3v) is 4.08. The number of aldehydes is 1. The molecule has 0 amide bonds. The van der Waals surface area contributed by atoms with Crippen LogP contribution in [0, 0.1) is 0 Å². The van der Waals surface area contributed by atoms with Crippen molar-refractivity contribution in [3.63, 3.8) is 0 Å². The van der Waals surface area contributed by atoms with Gasteiger partial charge in [-0.2, -0.15) is 0 Å². The molecule has 0 saturated heterocycles. The molecule has 0 N–H and O–H groups in total. The molecule has 0 aliphatic carbocycles. The normalized spacial score (nSPS) is 10.3. The van der Waals surface area contributed by atoms with Crippen molar-refractivity contribution in [3.05, 3.63) is 41.3 Å². The van der Waals surface area contributed by atoms with Gasteiger partial charge in [0.05, 0.1) is 4.88 Å². The Kier molecular flexibility index (Phi) is 4.15. The van der Waals surface area contributed by atoms with Crippen LogP contribution in [0.4, 0.5) is 5.69 Å². The lowest BCUT2D eigenvalue weighted by Crippen LogP contribution is -2.21. The third-order valence-electron chi connectivity index (χ3n) is 3.02. The minimum absolute atomic E-state index is 0.776. The Bertz CT molecular complexity index is 512. The van der Waals surface area contributed by atoms with Crippen LogP contribution in [0.5, 0.6) is 0 Å². The van der Waals surface area contributed by atoms with Gasteiger partial charge in [0.15, 0.2) is 6.29 Å². The molecular weight excluding hydrogens is 242 g/mol. The summed E-state index contributed by atoms with van der Waals surface area (Å²) in [5.74, 6) is 0. The van der Waals surface area contributed by atoms with Crippen LogP contribution >= 0.6 is 11.3 Å². The van der Waals surface area contributed by atoms with Crippen molar-refractivity contribution in [2.45, 2.75) is 13.8 Å². The van der Waals surface area contributed by atoms with Gasteiger partial charge in [0.1, 0.15) is 0 Å². The van der Waals surface area contributed by atoms with Gasteiger partial charge >= 0.3 is 0 Å². The Hall–Kier alpha value is -1.61. The summed E-state index contributed by atoms with van der Waals surface area (Å²) >= 11 is 1.53. The van der Waals surface area contributed by atoms with Crippen LogP contribution in [0.25, 0.3) is 10.4 Å². The minimum Gasteiger partial charge on any atom is -0.372 e. The van der Waals surface area contributed by atoms with Crippen molar-refractivity contribution >= 4 is 23.3 Å². The van der Waals surface area contributed by atoms with E-state index >= 15 is 0 Å². The lowest BCUT2D eigenvalue weighted by Gasteiger charge is -2.21. The predicted molar refractivity (Wildman–Crippen MR) is 78.7 cm³/mol. The molecule has 94 valence electrons. The highest BCUT2D eigenvalue weighted by molar-refractivity contribution is 7.17. The van der Waals surface area contributed by atoms with Crippen LogP contribution < -0.4 is 4.90 Å². The van der Waals surface area contributed by atoms with E-state index < -0.39 is 0 Å². The van der Waals surface area contributed by atoms with Crippen molar-refractivity contribution in [1.82, 2.24) is 0 Å². The number of thiophene rings is 1. The summed E-state index contributed by atoms with van der Waals surface area (Å²) in [6.07, 6.45) is 0.901. The molecule has 0 saturated carbocycles. The van der Waals surface area contributed by atoms with Gasteiger partial charge in [-0.25, -0.2) is 0 Å². The van der Waals surface area contributed by atoms with Crippen molar-refractivity contribution in [2.24, 2.45) is 0 Å². The molecule has 0 aliphatic heterocycles. The molecule has 0 bridgehead atoms. The lowest BCUT2D eigenvalue weighted by molar-refractivity contribution is 0.112. The number of hydrogen-bond acceptors (Lipinski definition) is 3. The molecular formula is C15H17NOS. The molecule has 3 heteroatoms. The van der Waals surface area contributed by atoms with Gasteiger partial charge < -0.3 is 4.90 Å². The van der Waals surface area contributed by atoms with E-state index in [1.165, 1.54) is 22.6 Å². The summed E-state index contributed by atoms with van der Waals surface area (Å²) in [6, 6.07) is 12.4. The first-order valence-electron chi connectivity index (χ1n) is 6.18. The molecule has 1 heterocycles. The number of rotatable bonds is 5. The second-order valence-corrected chi connectivity index (χ2v) is 5.15. The van der Waals surface area contributed by atoms with E-state index in [4.69, 9.17) is 0 Å². The van der Waals surface area contributed by atoms with Crippen molar-refractivity contribution in [1.29, 1.82) is 0 Å². The van der Waals surface area contributed by atoms with Gasteiger partial charge in [0.2, 0.25) is 0 Å². The van der Waals surface area contributed by atoms with Crippen molar-refractivity contribution in [2.75, 3.05) is 18.0 Å². The Balaban J connectivity index is 2.24. The minimum atomic E-state index is 0.776. The van der Waals surface area contributed by atoms with Crippen LogP contribution in [0.3, 0.4) is 0 Å². The summed E-state index contributed by atoms with van der Waals surface area (Å²) in [7, 11) is 0. The van der Waals surface area contributed by atoms with E-state index in [1.54, 1.807) is 0 Å². The molecule has 0 fully saturated rings. The van der Waals surface area contributed by atoms with Gasteiger partial charge in [-0.1, -0.05) is 12.1 Å². The second-order valence-electron chi connectivity index (χ2n) is 4.04. The zero-order chi connectivity index (χ0) is 13.0. The highest BCUT2D eigenvalue weighted by Crippen LogP contribution is 2.28. The van der Waals surface area contributed by atoms with E-state index in [9.17, 15) is 4.79 Å². The largest absolute Gasteiger partial charge is 0.372 e. The van der Waals surface area contributed by atoms with E-state index in [-0.39, 0.29) is 0 Å². The average Bonchev–Trinajstić information content (AvgIpc) is 2.90. The van der Waals surface area contributed by atoms with Crippen LogP contribution in [-0.2, 0) is 0 Å². The Morgan fingerprint density at radius 3 is 2.22 bits per heavy atom. The number of carbonyl (C=O) groups excluding carboxylic acids is 1. The van der Waals surface area contributed by atoms with Gasteiger partial charge in [0.25, 0.3) is 0 Å². The van der Waals surface area contributed by atoms with E-state index in [0.29, 0.717) is 0 Å². The smallest absolute Gasteiger partial charge is 0.160 e. The maximum absolute atomic E-state index is 10.7. The molecule has 0 aliphatic rings. The van der Waals surface area contributed by atoms with Crippen LogP contribution in [0.1, 0.15) is 23.5 Å². The molecule has 2 rings (SSSR count). The lowest BCUT2D eigenvalue weighted by atomic mass is 10.1. The first kappa shape index (κ1) is 12.8. The summed E-state index contributed by atoms with van der Waals surface area (Å²) in [4.78, 5) is 14.9. The van der Waals surface area contributed by atoms with Gasteiger partial charge in [-0.05, 0) is 43.7 Å². The van der Waals surface area contributed by atoms with E-state index in [1.807, 2.05) is 12.1 Å². The van der Waals surface area contributed by atoms with Gasteiger partial charge in [-0.3, -0.25) is 4.79 Å². The number of benzene rings is 1. The standard InChI is InChI=1S/C15H17NOS/c1-3-16(4-2)13-7-5-12(6-8-13)15-10-9-14(11-17)18-15/h5-11H,3-4H2,1-2H3. The maximum Gasteiger partial charge on any atom is 0.160 e. The zero-order valence-electron chi connectivity index (χ0n) is 10.7. The fourth-order valence-corrected chi connectivity index (χ4v) is 2.82. The van der Waals surface area contributed by atoms with E-state index in [2.05, 4.69) is 43.0 Å². The van der Waals surface area contributed by atoms with Crippen LogP contribution in [-0.4, -0.2) is 19.4 Å². The summed E-state index contributed by atoms with van der Waals surface area (Å²) in [5.41, 5.74) is 2.42. The maximum atomic E-state index is 10.7. The predicted octanol–water partition coefficient (Wildman–Crippen LogP) is 4.07. The highest BCUT2D eigenvalue weighted by atomic mass is 32.1. The van der Waals surface area contributed by atoms with Crippen LogP contribution in [0.15, 0.2) is 36.4 Å². The fourth-order valence-electron chi connectivity index (χ4n) is 2.00. The average molecular weight is 259 g/mol. The Morgan fingerprint density at radius 2 is 1.72 bits per heavy atom. The monoisotopic (exact) mass is 259 g/mol. The molecule has 0 spiro atoms. The molecule has 1 aromatic heterocycles. The quantitative estimate of drug-likeness (QED) is 0.754. The number of nitrogens with zero attached hydrogens (tertiary/aromatic N) is 1. The van der Waals surface area contributed by atoms with Crippen LogP contribution in [0.2, 0.25) is 0 Å². The molecule has 0 unspecified atom stereocenters. The Labute approximate surface area is 112 Å². The second kappa shape index (κ2) is 5.83. The first-order valence-corrected chi connectivity index (χ1v) is 7.00. The SMILES string of the molecule is CCN(CC)c1ccc(-c2ccc(C=O)s2)cc1. The molecule has 2 aromatic rings. The number of carbonyl (C=O) groups is 1. The summed E-state index contributed by atoms with van der Waals surface area (Å²) in [5, 5.41) is 0. The van der Waals surface area contributed by atoms with Gasteiger partial charge in [-0.15, -0.1) is 11.3 Å². The molecule has 18 heavy (non-hydrogen) atoms. The number of hydrogen-bond donors (Lipinski definition) is 0. The molecule has 1 aromatic carbocycles.